The number of carbonyl (C=O) groups excluding carboxylic acids is 2. The van der Waals surface area contributed by atoms with Gasteiger partial charge in [-0.2, -0.15) is 0 Å². The minimum atomic E-state index is -4.75. The average Bonchev–Trinajstić information content (AvgIpc) is 3.18. The highest BCUT2D eigenvalue weighted by molar-refractivity contribution is 8.00. The number of aliphatic hydroxyl groups excluding tert-OH is 1. The number of quaternary nitrogens is 1. The summed E-state index contributed by atoms with van der Waals surface area (Å²) in [5.41, 5.74) is 6.18. The Bertz CT molecular complexity index is 1290. The fourth-order valence-corrected chi connectivity index (χ4v) is 7.54. The van der Waals surface area contributed by atoms with E-state index in [4.69, 9.17) is 29.4 Å². The number of esters is 2. The van der Waals surface area contributed by atoms with Crippen LogP contribution in [0.3, 0.4) is 0 Å². The molecule has 0 spiro atoms. The zero-order chi connectivity index (χ0) is 44.9. The highest BCUT2D eigenvalue weighted by Gasteiger charge is 2.25. The number of rotatable bonds is 40. The Hall–Kier alpha value is -2.29. The number of carbonyl (C=O) groups is 3. The summed E-state index contributed by atoms with van der Waals surface area (Å²) in [7, 11) is 0.905. The van der Waals surface area contributed by atoms with Crippen molar-refractivity contribution in [3.8, 4) is 0 Å². The van der Waals surface area contributed by atoms with Gasteiger partial charge in [-0.25, -0.2) is 0 Å². The molecule has 348 valence electrons. The van der Waals surface area contributed by atoms with Crippen molar-refractivity contribution in [2.24, 2.45) is 5.73 Å². The number of allylic oxidation sites excluding steroid dienone is 7. The van der Waals surface area contributed by atoms with Crippen LogP contribution in [0.2, 0.25) is 0 Å². The third kappa shape index (κ3) is 37.5. The van der Waals surface area contributed by atoms with Crippen molar-refractivity contribution in [2.45, 2.75) is 166 Å². The molecule has 0 rings (SSSR count). The average molecular weight is 889 g/mol. The van der Waals surface area contributed by atoms with Crippen molar-refractivity contribution >= 4 is 37.5 Å². The van der Waals surface area contributed by atoms with Crippen LogP contribution in [-0.2, 0) is 37.5 Å². The van der Waals surface area contributed by atoms with Crippen LogP contribution in [-0.4, -0.2) is 109 Å². The smallest absolute Gasteiger partial charge is 0.323 e. The Morgan fingerprint density at radius 2 is 1.40 bits per heavy atom. The third-order valence-corrected chi connectivity index (χ3v) is 11.7. The molecule has 0 aliphatic carbocycles. The molecule has 0 aromatic heterocycles. The summed E-state index contributed by atoms with van der Waals surface area (Å²) < 4.78 is 33.9. The van der Waals surface area contributed by atoms with Gasteiger partial charge in [0, 0.05) is 23.8 Å². The zero-order valence-corrected chi connectivity index (χ0v) is 39.3. The van der Waals surface area contributed by atoms with Gasteiger partial charge in [0.05, 0.1) is 33.9 Å². The number of nitrogens with two attached hydrogens (primary N) is 1. The lowest BCUT2D eigenvalue weighted by molar-refractivity contribution is -0.870. The normalized spacial score (nSPS) is 15.5. The summed E-state index contributed by atoms with van der Waals surface area (Å²) in [5.74, 6) is -2.28. The summed E-state index contributed by atoms with van der Waals surface area (Å²) in [6.07, 6.45) is 31.9. The Morgan fingerprint density at radius 3 is 2.03 bits per heavy atom. The van der Waals surface area contributed by atoms with Crippen LogP contribution in [0.1, 0.15) is 142 Å². The van der Waals surface area contributed by atoms with E-state index in [9.17, 15) is 28.9 Å². The topological polar surface area (TPSA) is 195 Å². The molecule has 0 aromatic rings. The number of phosphoric acid groups is 1. The van der Waals surface area contributed by atoms with E-state index in [1.807, 2.05) is 45.4 Å². The van der Waals surface area contributed by atoms with E-state index in [1.165, 1.54) is 76.0 Å². The SMILES string of the molecule is CCCCC/C=C\C\C=C/C=C/C=C/[C@@H](SC[C@H](N)C(=O)OC[C@H](COP(=O)([O-])OCC[N+](C)(C)C)OC(=O)CCCCCCCCCCCCC)[C@@H](O)CCCC(=O)O. The van der Waals surface area contributed by atoms with E-state index in [0.717, 1.165) is 32.1 Å². The van der Waals surface area contributed by atoms with Gasteiger partial charge < -0.3 is 43.8 Å². The molecule has 60 heavy (non-hydrogen) atoms. The van der Waals surface area contributed by atoms with E-state index < -0.39 is 62.4 Å². The summed E-state index contributed by atoms with van der Waals surface area (Å²) in [4.78, 5) is 49.3. The highest BCUT2D eigenvalue weighted by Crippen LogP contribution is 2.38. The lowest BCUT2D eigenvalue weighted by Crippen LogP contribution is -2.39. The quantitative estimate of drug-likeness (QED) is 0.0132. The molecule has 0 amide bonds. The van der Waals surface area contributed by atoms with Crippen molar-refractivity contribution in [3.05, 3.63) is 48.6 Å². The van der Waals surface area contributed by atoms with Crippen molar-refractivity contribution in [2.75, 3.05) is 53.3 Å². The maximum atomic E-state index is 13.0. The molecule has 0 aliphatic rings. The van der Waals surface area contributed by atoms with Gasteiger partial charge in [-0.1, -0.05) is 140 Å². The van der Waals surface area contributed by atoms with Crippen LogP contribution in [0.15, 0.2) is 48.6 Å². The number of likely N-dealkylation sites (N-methyl/N-ethyl adjacent to an activating group) is 1. The number of unbranched alkanes of at least 4 members (excludes halogenated alkanes) is 13. The van der Waals surface area contributed by atoms with Crippen molar-refractivity contribution in [1.82, 2.24) is 0 Å². The monoisotopic (exact) mass is 889 g/mol. The van der Waals surface area contributed by atoms with Gasteiger partial charge in [-0.05, 0) is 38.5 Å². The molecule has 0 aromatic carbocycles. The lowest BCUT2D eigenvalue weighted by Gasteiger charge is -2.28. The molecule has 0 aliphatic heterocycles. The molecule has 13 nitrogen and oxygen atoms in total. The van der Waals surface area contributed by atoms with Gasteiger partial charge in [-0.15, -0.1) is 11.8 Å². The molecular formula is C45H81N2O11PS. The second-order valence-corrected chi connectivity index (χ2v) is 18.9. The van der Waals surface area contributed by atoms with Crippen LogP contribution in [0.5, 0.6) is 0 Å². The largest absolute Gasteiger partial charge is 0.756 e. The summed E-state index contributed by atoms with van der Waals surface area (Å²) in [6.45, 7) is 3.59. The van der Waals surface area contributed by atoms with Crippen LogP contribution in [0.25, 0.3) is 0 Å². The molecule has 0 heterocycles. The minimum Gasteiger partial charge on any atom is -0.756 e. The standard InChI is InChI=1S/C45H81N2O11PS/c1-6-8-10-12-14-16-18-20-21-23-25-27-31-42(41(48)30-29-32-43(49)50)60-38-40(46)45(52)55-36-39(37-57-59(53,54)56-35-34-47(3,4)5)58-44(51)33-28-26-24-22-19-17-15-13-11-9-7-2/h14,16,20-21,23,25,27,31,39-42,48H,6-13,15,17-19,22,24,26,28-30,32-38,46H2,1-5H3,(H-,49,50,53,54)/b16-14-,21-20-,25-23+,31-27+/t39-,40+,41+,42-/m1/s1. The molecule has 15 heteroatoms. The molecule has 5 atom stereocenters. The van der Waals surface area contributed by atoms with E-state index in [1.54, 1.807) is 12.2 Å². The van der Waals surface area contributed by atoms with Gasteiger partial charge in [-0.3, -0.25) is 18.9 Å². The summed E-state index contributed by atoms with van der Waals surface area (Å²) >= 11 is 1.22. The van der Waals surface area contributed by atoms with Crippen molar-refractivity contribution < 1.29 is 57.1 Å². The second kappa shape index (κ2) is 37.3. The molecule has 0 saturated carbocycles. The van der Waals surface area contributed by atoms with Gasteiger partial charge >= 0.3 is 17.9 Å². The lowest BCUT2D eigenvalue weighted by atomic mass is 10.1. The van der Waals surface area contributed by atoms with Crippen LogP contribution < -0.4 is 10.6 Å². The maximum absolute atomic E-state index is 13.0. The van der Waals surface area contributed by atoms with Crippen molar-refractivity contribution in [3.63, 3.8) is 0 Å². The highest BCUT2D eigenvalue weighted by atomic mass is 32.2. The number of hydrogen-bond donors (Lipinski definition) is 3. The number of carboxylic acid groups (broad SMARTS) is 1. The first-order valence-electron chi connectivity index (χ1n) is 22.3. The molecule has 0 radical (unpaired) electrons. The summed E-state index contributed by atoms with van der Waals surface area (Å²) in [5, 5.41) is 19.4. The first-order chi connectivity index (χ1) is 28.6. The first kappa shape index (κ1) is 57.7. The van der Waals surface area contributed by atoms with Gasteiger partial charge in [0.2, 0.25) is 0 Å². The van der Waals surface area contributed by atoms with Crippen molar-refractivity contribution in [1.29, 1.82) is 0 Å². The third-order valence-electron chi connectivity index (χ3n) is 9.35. The Kier molecular flexibility index (Phi) is 35.9. The zero-order valence-electron chi connectivity index (χ0n) is 37.6. The van der Waals surface area contributed by atoms with Crippen LogP contribution in [0, 0.1) is 0 Å². The molecule has 0 fully saturated rings. The molecule has 0 saturated heterocycles. The number of carboxylic acids is 1. The Labute approximate surface area is 366 Å². The van der Waals surface area contributed by atoms with Gasteiger partial charge in [0.1, 0.15) is 25.8 Å². The summed E-state index contributed by atoms with van der Waals surface area (Å²) in [6, 6.07) is -1.14. The minimum absolute atomic E-state index is 0.0493. The van der Waals surface area contributed by atoms with E-state index in [-0.39, 0.29) is 38.0 Å². The van der Waals surface area contributed by atoms with E-state index in [2.05, 4.69) is 26.0 Å². The van der Waals surface area contributed by atoms with E-state index in [0.29, 0.717) is 17.4 Å². The Morgan fingerprint density at radius 1 is 0.783 bits per heavy atom. The van der Waals surface area contributed by atoms with Crippen LogP contribution in [0.4, 0.5) is 0 Å². The first-order valence-corrected chi connectivity index (χ1v) is 24.8. The Balaban J connectivity index is 5.30. The molecule has 0 bridgehead atoms. The fraction of sp³-hybridized carbons (Fsp3) is 0.756. The maximum Gasteiger partial charge on any atom is 0.323 e. The number of hydrogen-bond acceptors (Lipinski definition) is 12. The van der Waals surface area contributed by atoms with Gasteiger partial charge in [0.15, 0.2) is 6.10 Å². The van der Waals surface area contributed by atoms with E-state index >= 15 is 0 Å². The number of thioether (sulfide) groups is 1. The molecular weight excluding hydrogens is 808 g/mol. The number of aliphatic hydroxyl groups is 1. The number of phosphoric ester groups is 1. The predicted octanol–water partition coefficient (Wildman–Crippen LogP) is 8.59. The van der Waals surface area contributed by atoms with Crippen LogP contribution >= 0.6 is 19.6 Å². The number of nitrogens with zero attached hydrogens (tertiary/aromatic N) is 1. The van der Waals surface area contributed by atoms with Gasteiger partial charge in [0.25, 0.3) is 7.82 Å². The fourth-order valence-electron chi connectivity index (χ4n) is 5.68. The number of ether oxygens (including phenoxy) is 2. The molecule has 1 unspecified atom stereocenters. The molecule has 4 N–H and O–H groups in total. The number of aliphatic carboxylic acids is 1. The second-order valence-electron chi connectivity index (χ2n) is 16.3. The predicted molar refractivity (Wildman–Crippen MR) is 241 cm³/mol.